The van der Waals surface area contributed by atoms with E-state index in [0.29, 0.717) is 0 Å². The minimum atomic E-state index is -3.87. The van der Waals surface area contributed by atoms with Crippen LogP contribution in [0.3, 0.4) is 0 Å². The molecule has 5 nitrogen and oxygen atoms in total. The van der Waals surface area contributed by atoms with Gasteiger partial charge in [0.05, 0.1) is 5.75 Å². The lowest BCUT2D eigenvalue weighted by Crippen LogP contribution is -2.24. The summed E-state index contributed by atoms with van der Waals surface area (Å²) in [5.74, 6) is -0.388. The first kappa shape index (κ1) is 12.7. The van der Waals surface area contributed by atoms with Crippen LogP contribution in [-0.2, 0) is 21.2 Å². The monoisotopic (exact) mass is 243 g/mol. The van der Waals surface area contributed by atoms with Gasteiger partial charge in [-0.15, -0.1) is 0 Å². The summed E-state index contributed by atoms with van der Waals surface area (Å²) < 4.78 is 27.1. The zero-order valence-electron chi connectivity index (χ0n) is 8.63. The first-order valence-corrected chi connectivity index (χ1v) is 6.35. The van der Waals surface area contributed by atoms with Crippen molar-refractivity contribution in [3.8, 4) is 0 Å². The van der Waals surface area contributed by atoms with Crippen LogP contribution in [0.25, 0.3) is 0 Å². The second-order valence-electron chi connectivity index (χ2n) is 3.13. The summed E-state index contributed by atoms with van der Waals surface area (Å²) in [6.45, 7) is -0.147. The second-order valence-corrected chi connectivity index (χ2v) is 5.10. The van der Waals surface area contributed by atoms with Gasteiger partial charge in [0.2, 0.25) is 0 Å². The van der Waals surface area contributed by atoms with Crippen LogP contribution in [0.5, 0.6) is 0 Å². The molecule has 0 aliphatic heterocycles. The van der Waals surface area contributed by atoms with Gasteiger partial charge in [0.1, 0.15) is 6.61 Å². The molecule has 0 aliphatic carbocycles. The highest BCUT2D eigenvalue weighted by Crippen LogP contribution is 2.04. The average Bonchev–Trinajstić information content (AvgIpc) is 2.27. The summed E-state index contributed by atoms with van der Waals surface area (Å²) in [6.07, 6.45) is 0. The molecule has 1 rings (SSSR count). The largest absolute Gasteiger partial charge is 0.449 e. The Morgan fingerprint density at radius 3 is 2.44 bits per heavy atom. The lowest BCUT2D eigenvalue weighted by atomic mass is 10.2. The fourth-order valence-corrected chi connectivity index (χ4v) is 1.76. The Kier molecular flexibility index (Phi) is 4.45. The van der Waals surface area contributed by atoms with Crippen LogP contribution in [0, 0.1) is 0 Å². The van der Waals surface area contributed by atoms with E-state index in [1.807, 2.05) is 6.07 Å². The number of carbonyl (C=O) groups excluding carboxylic acids is 1. The Morgan fingerprint density at radius 1 is 1.25 bits per heavy atom. The molecule has 0 fully saturated rings. The van der Waals surface area contributed by atoms with Gasteiger partial charge in [-0.2, -0.15) is 0 Å². The number of carbonyl (C=O) groups is 1. The van der Waals surface area contributed by atoms with Gasteiger partial charge in [0, 0.05) is 6.54 Å². The Hall–Kier alpha value is -1.40. The number of benzene rings is 1. The molecule has 16 heavy (non-hydrogen) atoms. The van der Waals surface area contributed by atoms with Crippen molar-refractivity contribution in [3.05, 3.63) is 35.9 Å². The Bertz CT molecular complexity index is 441. The van der Waals surface area contributed by atoms with E-state index in [-0.39, 0.29) is 18.9 Å². The van der Waals surface area contributed by atoms with E-state index < -0.39 is 15.1 Å². The van der Waals surface area contributed by atoms with E-state index >= 15 is 0 Å². The minimum absolute atomic E-state index is 0.0521. The third kappa shape index (κ3) is 3.63. The van der Waals surface area contributed by atoms with E-state index in [9.17, 15) is 13.2 Å². The molecule has 1 aromatic rings. The summed E-state index contributed by atoms with van der Waals surface area (Å²) in [4.78, 5) is 11.2. The fraction of sp³-hybridized carbons (Fsp3) is 0.300. The molecule has 2 N–H and O–H groups in total. The lowest BCUT2D eigenvalue weighted by Gasteiger charge is -2.04. The van der Waals surface area contributed by atoms with Crippen molar-refractivity contribution in [2.45, 2.75) is 6.61 Å². The fourth-order valence-electron chi connectivity index (χ4n) is 1.04. The molecule has 0 bridgehead atoms. The highest BCUT2D eigenvalue weighted by atomic mass is 32.2. The molecule has 0 saturated carbocycles. The van der Waals surface area contributed by atoms with Crippen molar-refractivity contribution < 1.29 is 17.9 Å². The molecule has 0 aromatic heterocycles. The van der Waals surface area contributed by atoms with Gasteiger partial charge in [0.15, 0.2) is 0 Å². The maximum absolute atomic E-state index is 11.2. The van der Waals surface area contributed by atoms with E-state index in [2.05, 4.69) is 4.74 Å². The molecule has 0 heterocycles. The predicted octanol–water partition coefficient (Wildman–Crippen LogP) is 0.697. The number of sulfone groups is 1. The molecule has 0 aliphatic rings. The van der Waals surface area contributed by atoms with Gasteiger partial charge in [-0.3, -0.25) is 0 Å². The summed E-state index contributed by atoms with van der Waals surface area (Å²) in [7, 11) is -3.87. The zero-order chi connectivity index (χ0) is 12.0. The van der Waals surface area contributed by atoms with Crippen molar-refractivity contribution in [3.63, 3.8) is 0 Å². The molecule has 0 atom stereocenters. The third-order valence-electron chi connectivity index (χ3n) is 1.84. The maximum Gasteiger partial charge on any atom is 0.425 e. The van der Waals surface area contributed by atoms with Crippen LogP contribution in [-0.4, -0.2) is 26.0 Å². The highest BCUT2D eigenvalue weighted by molar-refractivity contribution is 8.05. The number of nitrogens with two attached hydrogens (primary N) is 1. The number of rotatable bonds is 4. The minimum Gasteiger partial charge on any atom is -0.449 e. The van der Waals surface area contributed by atoms with Gasteiger partial charge < -0.3 is 10.5 Å². The number of hydrogen-bond acceptors (Lipinski definition) is 5. The van der Waals surface area contributed by atoms with E-state index in [4.69, 9.17) is 5.73 Å². The van der Waals surface area contributed by atoms with Crippen LogP contribution in [0.1, 0.15) is 5.56 Å². The van der Waals surface area contributed by atoms with Gasteiger partial charge in [-0.05, 0) is 5.56 Å². The van der Waals surface area contributed by atoms with Crippen molar-refractivity contribution in [1.82, 2.24) is 0 Å². The lowest BCUT2D eigenvalue weighted by molar-refractivity contribution is 0.166. The molecular weight excluding hydrogens is 230 g/mol. The summed E-state index contributed by atoms with van der Waals surface area (Å²) in [5.41, 5.74) is 5.81. The molecule has 0 unspecified atom stereocenters. The van der Waals surface area contributed by atoms with Gasteiger partial charge in [0.25, 0.3) is 9.84 Å². The van der Waals surface area contributed by atoms with Crippen LogP contribution >= 0.6 is 0 Å². The SMILES string of the molecule is NCCS(=O)(=O)C(=O)OCc1ccccc1. The Morgan fingerprint density at radius 2 is 1.88 bits per heavy atom. The molecule has 1 aromatic carbocycles. The van der Waals surface area contributed by atoms with Gasteiger partial charge >= 0.3 is 5.30 Å². The normalized spacial score (nSPS) is 11.1. The second kappa shape index (κ2) is 5.62. The van der Waals surface area contributed by atoms with Crippen LogP contribution in [0.4, 0.5) is 4.79 Å². The zero-order valence-corrected chi connectivity index (χ0v) is 9.44. The Labute approximate surface area is 94.1 Å². The number of ether oxygens (including phenoxy) is 1. The quantitative estimate of drug-likeness (QED) is 0.786. The molecule has 0 saturated heterocycles. The first-order valence-electron chi connectivity index (χ1n) is 4.70. The molecular formula is C10H13NO4S. The molecule has 0 amide bonds. The van der Waals surface area contributed by atoms with Gasteiger partial charge in [-0.1, -0.05) is 30.3 Å². The number of hydrogen-bond donors (Lipinski definition) is 1. The third-order valence-corrected chi connectivity index (χ3v) is 3.24. The van der Waals surface area contributed by atoms with Crippen molar-refractivity contribution in [2.24, 2.45) is 5.73 Å². The molecule has 0 spiro atoms. The van der Waals surface area contributed by atoms with Crippen molar-refractivity contribution >= 4 is 15.1 Å². The topological polar surface area (TPSA) is 86.5 Å². The van der Waals surface area contributed by atoms with Crippen molar-refractivity contribution in [2.75, 3.05) is 12.3 Å². The van der Waals surface area contributed by atoms with Crippen LogP contribution in [0.2, 0.25) is 0 Å². The summed E-state index contributed by atoms with van der Waals surface area (Å²) in [6, 6.07) is 8.84. The van der Waals surface area contributed by atoms with Crippen molar-refractivity contribution in [1.29, 1.82) is 0 Å². The predicted molar refractivity (Wildman–Crippen MR) is 59.5 cm³/mol. The van der Waals surface area contributed by atoms with Gasteiger partial charge in [-0.25, -0.2) is 13.2 Å². The molecule has 88 valence electrons. The van der Waals surface area contributed by atoms with E-state index in [0.717, 1.165) is 5.56 Å². The van der Waals surface area contributed by atoms with Crippen LogP contribution < -0.4 is 5.73 Å². The molecule has 0 radical (unpaired) electrons. The summed E-state index contributed by atoms with van der Waals surface area (Å²) >= 11 is 0. The maximum atomic E-state index is 11.2. The van der Waals surface area contributed by atoms with E-state index in [1.165, 1.54) is 0 Å². The Balaban J connectivity index is 2.54. The highest BCUT2D eigenvalue weighted by Gasteiger charge is 2.22. The molecule has 6 heteroatoms. The van der Waals surface area contributed by atoms with E-state index in [1.54, 1.807) is 24.3 Å². The smallest absolute Gasteiger partial charge is 0.425 e. The average molecular weight is 243 g/mol. The van der Waals surface area contributed by atoms with Crippen LogP contribution in [0.15, 0.2) is 30.3 Å². The standard InChI is InChI=1S/C10H13NO4S/c11-6-7-16(13,14)10(12)15-8-9-4-2-1-3-5-9/h1-5H,6-8,11H2. The first-order chi connectivity index (χ1) is 7.56. The summed E-state index contributed by atoms with van der Waals surface area (Å²) in [5, 5.41) is -1.22.